The van der Waals surface area contributed by atoms with E-state index in [9.17, 15) is 17.8 Å². The van der Waals surface area contributed by atoms with Crippen LogP contribution in [0.5, 0.6) is 11.5 Å². The molecule has 1 amide bonds. The Bertz CT molecular complexity index is 1670. The fourth-order valence-electron chi connectivity index (χ4n) is 9.80. The van der Waals surface area contributed by atoms with Crippen LogP contribution in [0, 0.1) is 32.6 Å². The van der Waals surface area contributed by atoms with Crippen LogP contribution in [-0.2, 0) is 25.1 Å². The van der Waals surface area contributed by atoms with Crippen LogP contribution >= 0.6 is 0 Å². The third-order valence-corrected chi connectivity index (χ3v) is 12.2. The molecule has 1 saturated carbocycles. The van der Waals surface area contributed by atoms with Gasteiger partial charge in [0.05, 0.1) is 61.9 Å². The highest BCUT2D eigenvalue weighted by Crippen LogP contribution is 2.67. The van der Waals surface area contributed by atoms with Gasteiger partial charge in [0.2, 0.25) is 5.91 Å². The Morgan fingerprint density at radius 2 is 1.77 bits per heavy atom. The van der Waals surface area contributed by atoms with Crippen LogP contribution < -0.4 is 20.2 Å². The Morgan fingerprint density at radius 1 is 1.09 bits per heavy atom. The number of nitrogens with zero attached hydrogens (tertiary/aromatic N) is 2. The van der Waals surface area contributed by atoms with Crippen molar-refractivity contribution in [2.75, 3.05) is 38.8 Å². The summed E-state index contributed by atoms with van der Waals surface area (Å²) in [6, 6.07) is 7.95. The molecular formula is C32H39N3O7S. The minimum atomic E-state index is -4.33. The number of benzene rings is 2. The van der Waals surface area contributed by atoms with E-state index in [1.54, 1.807) is 40.2 Å². The van der Waals surface area contributed by atoms with Crippen LogP contribution in [0.3, 0.4) is 0 Å². The molecule has 2 aromatic carbocycles. The summed E-state index contributed by atoms with van der Waals surface area (Å²) in [5.41, 5.74) is 5.54. The van der Waals surface area contributed by atoms with Crippen molar-refractivity contribution in [1.82, 2.24) is 0 Å². The molecule has 1 spiro atoms. The smallest absolute Gasteiger partial charge is 0.229 e. The van der Waals surface area contributed by atoms with Gasteiger partial charge in [0, 0.05) is 24.8 Å². The van der Waals surface area contributed by atoms with Crippen molar-refractivity contribution in [1.29, 1.82) is 0 Å². The van der Waals surface area contributed by atoms with Gasteiger partial charge in [-0.05, 0) is 55.0 Å². The Balaban J connectivity index is 0.000000196. The highest BCUT2D eigenvalue weighted by atomic mass is 32.2. The lowest BCUT2D eigenvalue weighted by atomic mass is 9.53. The fraction of sp³-hybridized carbons (Fsp3) is 0.531. The molecule has 0 aromatic heterocycles. The molecule has 5 aliphatic heterocycles. The Kier molecular flexibility index (Phi) is 6.37. The van der Waals surface area contributed by atoms with Gasteiger partial charge in [-0.15, -0.1) is 0 Å². The maximum Gasteiger partial charge on any atom is 0.229 e. The lowest BCUT2D eigenvalue weighted by molar-refractivity contribution is -0.954. The molecule has 0 radical (unpaired) electrons. The number of anilines is 1. The molecule has 6 aliphatic rings. The van der Waals surface area contributed by atoms with E-state index in [-0.39, 0.29) is 28.4 Å². The molecule has 2 N–H and O–H groups in total. The molecule has 3 saturated heterocycles. The number of quaternary nitrogens is 1. The number of hydrogen-bond acceptors (Lipinski definition) is 8. The number of hydrogen-bond donors (Lipinski definition) is 1. The SMILES string of the molecule is COc1cc2c(cc1OC)[C@@]13CC[N+]4(N)CC5=CCO[C@H]6CC(=O)N2[C@H]1[C@H]6[C@H]5C[C@@H]34.Cc1cc(C)c(S(=O)(=O)[O-])c(C)c1. The van der Waals surface area contributed by atoms with Gasteiger partial charge >= 0.3 is 0 Å². The van der Waals surface area contributed by atoms with E-state index in [4.69, 9.17) is 20.1 Å². The first-order chi connectivity index (χ1) is 20.3. The maximum absolute atomic E-state index is 13.5. The van der Waals surface area contributed by atoms with Crippen LogP contribution in [-0.4, -0.2) is 75.6 Å². The summed E-state index contributed by atoms with van der Waals surface area (Å²) in [4.78, 5) is 15.5. The monoisotopic (exact) mass is 609 g/mol. The van der Waals surface area contributed by atoms with Gasteiger partial charge < -0.3 is 23.7 Å². The number of carbonyl (C=O) groups excluding carboxylic acids is 1. The molecule has 1 aliphatic carbocycles. The van der Waals surface area contributed by atoms with E-state index >= 15 is 0 Å². The number of piperidine rings is 2. The summed E-state index contributed by atoms with van der Waals surface area (Å²) >= 11 is 0. The van der Waals surface area contributed by atoms with E-state index in [1.807, 2.05) is 13.0 Å². The number of carbonyl (C=O) groups is 1. The second-order valence-electron chi connectivity index (χ2n) is 13.2. The molecule has 43 heavy (non-hydrogen) atoms. The average molecular weight is 610 g/mol. The Hall–Kier alpha value is -2.96. The van der Waals surface area contributed by atoms with E-state index in [0.717, 1.165) is 42.9 Å². The minimum absolute atomic E-state index is 0.00759. The maximum atomic E-state index is 13.5. The topological polar surface area (TPSA) is 131 Å². The van der Waals surface area contributed by atoms with Gasteiger partial charge in [0.1, 0.15) is 22.7 Å². The average Bonchev–Trinajstić information content (AvgIpc) is 3.33. The van der Waals surface area contributed by atoms with Crippen molar-refractivity contribution in [2.45, 2.75) is 68.5 Å². The van der Waals surface area contributed by atoms with Gasteiger partial charge in [-0.1, -0.05) is 23.8 Å². The predicted octanol–water partition coefficient (Wildman–Crippen LogP) is 3.01. The molecular weight excluding hydrogens is 570 g/mol. The van der Waals surface area contributed by atoms with Gasteiger partial charge in [0.15, 0.2) is 11.5 Å². The third-order valence-electron chi connectivity index (χ3n) is 11.1. The van der Waals surface area contributed by atoms with E-state index < -0.39 is 10.1 Å². The molecule has 4 fully saturated rings. The molecule has 2 bridgehead atoms. The molecule has 10 nitrogen and oxygen atoms in total. The zero-order valence-corrected chi connectivity index (χ0v) is 26.1. The number of amides is 1. The van der Waals surface area contributed by atoms with Gasteiger partial charge in [-0.2, -0.15) is 5.84 Å². The summed E-state index contributed by atoms with van der Waals surface area (Å²) in [6.45, 7) is 7.57. The molecule has 2 aromatic rings. The minimum Gasteiger partial charge on any atom is -0.744 e. The van der Waals surface area contributed by atoms with E-state index in [1.165, 1.54) is 11.1 Å². The van der Waals surface area contributed by atoms with Crippen molar-refractivity contribution in [3.8, 4) is 11.5 Å². The van der Waals surface area contributed by atoms with Gasteiger partial charge in [-0.3, -0.25) is 4.79 Å². The van der Waals surface area contributed by atoms with E-state index in [2.05, 4.69) is 17.0 Å². The van der Waals surface area contributed by atoms with Gasteiger partial charge in [-0.25, -0.2) is 13.0 Å². The van der Waals surface area contributed by atoms with E-state index in [0.29, 0.717) is 52.4 Å². The Labute approximate surface area is 252 Å². The van der Waals surface area contributed by atoms with Crippen LogP contribution in [0.25, 0.3) is 0 Å². The third kappa shape index (κ3) is 3.91. The van der Waals surface area contributed by atoms with Crippen molar-refractivity contribution in [3.63, 3.8) is 0 Å². The van der Waals surface area contributed by atoms with Crippen molar-refractivity contribution in [3.05, 3.63) is 58.2 Å². The van der Waals surface area contributed by atoms with Crippen molar-refractivity contribution in [2.24, 2.45) is 17.7 Å². The highest BCUT2D eigenvalue weighted by Gasteiger charge is 2.76. The standard InChI is InChI=1S/C23H28N3O4.C9H12O3S/c1-28-16-8-14-15(9-17(16)29-2)25-20(27)10-18-21-13-7-19-23(14,22(21)25)4-5-26(19,24)11-12(13)3-6-30-18;1-6-4-7(2)9(8(3)5-6)13(10,11)12/h3,8-9,13,18-19,21-22H,4-7,10-11,24H2,1-2H3;4-5H,1-3H3,(H,10,11,12)/q+1;/p-1/t13-,18-,19-,21-,22-,23+,26?;/m0./s1. The first-order valence-electron chi connectivity index (χ1n) is 14.9. The molecule has 11 heteroatoms. The first kappa shape index (κ1) is 28.8. The normalized spacial score (nSPS) is 34.5. The molecule has 230 valence electrons. The number of rotatable bonds is 3. The lowest BCUT2D eigenvalue weighted by Crippen LogP contribution is -2.74. The first-order valence-corrected chi connectivity index (χ1v) is 16.3. The largest absolute Gasteiger partial charge is 0.744 e. The number of ether oxygens (including phenoxy) is 3. The van der Waals surface area contributed by atoms with Crippen LogP contribution in [0.2, 0.25) is 0 Å². The lowest BCUT2D eigenvalue weighted by Gasteiger charge is -2.58. The van der Waals surface area contributed by atoms with Crippen molar-refractivity contribution < 1.29 is 36.6 Å². The Morgan fingerprint density at radius 3 is 2.42 bits per heavy atom. The number of methoxy groups -OCH3 is 2. The highest BCUT2D eigenvalue weighted by molar-refractivity contribution is 7.85. The van der Waals surface area contributed by atoms with Crippen LogP contribution in [0.4, 0.5) is 5.69 Å². The summed E-state index contributed by atoms with van der Waals surface area (Å²) < 4.78 is 50.7. The molecule has 1 unspecified atom stereocenters. The zero-order valence-electron chi connectivity index (χ0n) is 25.3. The van der Waals surface area contributed by atoms with Crippen LogP contribution in [0.15, 0.2) is 40.8 Å². The number of aryl methyl sites for hydroxylation is 3. The van der Waals surface area contributed by atoms with Gasteiger partial charge in [0.25, 0.3) is 0 Å². The number of nitrogens with two attached hydrogens (primary N) is 1. The second-order valence-corrected chi connectivity index (χ2v) is 14.5. The quantitative estimate of drug-likeness (QED) is 0.243. The molecule has 8 rings (SSSR count). The number of fused-ring (bicyclic) bond motifs is 2. The second kappa shape index (κ2) is 9.52. The summed E-state index contributed by atoms with van der Waals surface area (Å²) in [5, 5.41) is 0. The summed E-state index contributed by atoms with van der Waals surface area (Å²) in [7, 11) is -1.00. The molecule has 5 heterocycles. The fourth-order valence-corrected chi connectivity index (χ4v) is 10.7. The summed E-state index contributed by atoms with van der Waals surface area (Å²) in [6.07, 6.45) is 4.79. The van der Waals surface area contributed by atoms with Crippen molar-refractivity contribution >= 4 is 21.7 Å². The zero-order chi connectivity index (χ0) is 30.6. The van der Waals surface area contributed by atoms with Crippen LogP contribution in [0.1, 0.15) is 41.5 Å². The predicted molar refractivity (Wildman–Crippen MR) is 158 cm³/mol. The molecule has 7 atom stereocenters. The summed E-state index contributed by atoms with van der Waals surface area (Å²) in [5.74, 6) is 9.45.